The highest BCUT2D eigenvalue weighted by Crippen LogP contribution is 2.66. The molecule has 0 aliphatic carbocycles. The number of hydrogen-bond donors (Lipinski definition) is 0. The van der Waals surface area contributed by atoms with E-state index in [0.717, 1.165) is 6.42 Å². The minimum Gasteiger partial charge on any atom is -0.308 e. The quantitative estimate of drug-likeness (QED) is 0.256. The molecule has 4 saturated heterocycles. The summed E-state index contributed by atoms with van der Waals surface area (Å²) in [4.78, 5) is 0. The van der Waals surface area contributed by atoms with Gasteiger partial charge in [-0.25, -0.2) is 0 Å². The molecule has 16 heteroatoms. The van der Waals surface area contributed by atoms with E-state index >= 15 is 0 Å². The summed E-state index contributed by atoms with van der Waals surface area (Å²) in [6.45, 7) is 29.7. The third-order valence-electron chi connectivity index (χ3n) is 7.42. The summed E-state index contributed by atoms with van der Waals surface area (Å²) in [7, 11) is -11.0. The summed E-state index contributed by atoms with van der Waals surface area (Å²) in [5.74, 6) is 0. The summed E-state index contributed by atoms with van der Waals surface area (Å²) in [5.41, 5.74) is -1.07. The number of rotatable bonds is 4. The Kier molecular flexibility index (Phi) is 15.8. The highest BCUT2D eigenvalue weighted by atomic mass is 31.2. The molecule has 0 radical (unpaired) electrons. The van der Waals surface area contributed by atoms with Gasteiger partial charge in [-0.1, -0.05) is 69.2 Å². The van der Waals surface area contributed by atoms with Gasteiger partial charge in [-0.3, -0.25) is 27.3 Å². The molecule has 0 spiro atoms. The van der Waals surface area contributed by atoms with Crippen LogP contribution >= 0.6 is 30.4 Å². The Hall–Kier alpha value is 0.600. The van der Waals surface area contributed by atoms with Gasteiger partial charge in [0.15, 0.2) is 0 Å². The fraction of sp³-hybridized carbons (Fsp3) is 1.00. The predicted molar refractivity (Wildman–Crippen MR) is 175 cm³/mol. The molecule has 4 rings (SSSR count). The molecule has 0 unspecified atom stereocenters. The molecule has 4 heterocycles. The van der Waals surface area contributed by atoms with Crippen LogP contribution in [0.4, 0.5) is 0 Å². The average molecular weight is 713 g/mol. The van der Waals surface area contributed by atoms with Crippen molar-refractivity contribution in [1.29, 1.82) is 0 Å². The molecular formula is C28H60O12P4. The zero-order valence-corrected chi connectivity index (χ0v) is 33.0. The lowest BCUT2D eigenvalue weighted by Gasteiger charge is -2.35. The van der Waals surface area contributed by atoms with Crippen LogP contribution in [0.2, 0.25) is 0 Å². The lowest BCUT2D eigenvalue weighted by molar-refractivity contribution is 0.00578. The van der Waals surface area contributed by atoms with Gasteiger partial charge in [-0.05, 0) is 34.1 Å². The maximum Gasteiger partial charge on any atom is 0.334 e. The Balaban J connectivity index is 0.000000296. The van der Waals surface area contributed by atoms with E-state index in [9.17, 15) is 18.3 Å². The van der Waals surface area contributed by atoms with Crippen LogP contribution in [0.1, 0.15) is 103 Å². The maximum absolute atomic E-state index is 12.1. The van der Waals surface area contributed by atoms with Crippen LogP contribution in [0, 0.1) is 5.41 Å². The first-order valence-electron chi connectivity index (χ1n) is 15.4. The molecule has 0 atom stereocenters. The fourth-order valence-corrected chi connectivity index (χ4v) is 10.1. The van der Waals surface area contributed by atoms with E-state index in [0.29, 0.717) is 39.6 Å². The van der Waals surface area contributed by atoms with Gasteiger partial charge in [-0.2, -0.15) is 0 Å². The van der Waals surface area contributed by atoms with Gasteiger partial charge in [0.05, 0.1) is 62.3 Å². The fourth-order valence-electron chi connectivity index (χ4n) is 3.43. The summed E-state index contributed by atoms with van der Waals surface area (Å²) < 4.78 is 88.3. The van der Waals surface area contributed by atoms with Crippen molar-refractivity contribution in [1.82, 2.24) is 0 Å². The second kappa shape index (κ2) is 16.3. The van der Waals surface area contributed by atoms with Crippen LogP contribution in [0.3, 0.4) is 0 Å². The Morgan fingerprint density at radius 3 is 0.955 bits per heavy atom. The summed E-state index contributed by atoms with van der Waals surface area (Å²) in [5, 5.41) is 0. The Bertz CT molecular complexity index is 1050. The van der Waals surface area contributed by atoms with Gasteiger partial charge in [0.25, 0.3) is 0 Å². The SMILES string of the molecule is CC(C)P1(=O)OC(C)(C)C(C)(C)O1.CC(C)P1(=O)OCC(C)(C)CO1.CC(C)P1(=O)OCCCO1.CC(C)P1(=O)OCCO1. The van der Waals surface area contributed by atoms with Crippen LogP contribution in [-0.2, 0) is 54.5 Å². The smallest absolute Gasteiger partial charge is 0.308 e. The van der Waals surface area contributed by atoms with Crippen LogP contribution in [0.5, 0.6) is 0 Å². The van der Waals surface area contributed by atoms with E-state index in [4.69, 9.17) is 36.2 Å². The monoisotopic (exact) mass is 712 g/mol. The standard InChI is InChI=1S/C9H19O3P.C8H17O3P.C6H13O3P.C5H11O3P/c1-7(2)13(10)11-8(3,4)9(5,6)12-13;1-7(2)12(9)10-5-8(3,4)6-11-12;1-6(2)10(7)8-4-3-5-9-10;1-5(2)9(6)7-3-4-8-9/h7H,1-6H3;7H,5-6H2,1-4H3;6H,3-5H2,1-2H3;5H,3-4H2,1-2H3. The minimum atomic E-state index is -2.89. The van der Waals surface area contributed by atoms with Gasteiger partial charge in [0.2, 0.25) is 0 Å². The topological polar surface area (TPSA) is 142 Å². The van der Waals surface area contributed by atoms with Crippen molar-refractivity contribution >= 4 is 30.4 Å². The molecule has 0 amide bonds. The first kappa shape index (κ1) is 42.6. The zero-order chi connectivity index (χ0) is 34.4. The predicted octanol–water partition coefficient (Wildman–Crippen LogP) is 9.51. The van der Waals surface area contributed by atoms with Gasteiger partial charge in [-0.15, -0.1) is 0 Å². The average Bonchev–Trinajstić information content (AvgIpc) is 3.41. The molecular weight excluding hydrogens is 652 g/mol. The molecule has 0 aromatic heterocycles. The molecule has 0 saturated carbocycles. The molecule has 4 aliphatic rings. The second-order valence-corrected chi connectivity index (χ2v) is 24.5. The third-order valence-corrected chi connectivity index (χ3v) is 17.0. The van der Waals surface area contributed by atoms with E-state index in [1.165, 1.54) is 0 Å². The molecule has 0 bridgehead atoms. The molecule has 12 nitrogen and oxygen atoms in total. The summed E-state index contributed by atoms with van der Waals surface area (Å²) >= 11 is 0. The van der Waals surface area contributed by atoms with E-state index < -0.39 is 41.6 Å². The van der Waals surface area contributed by atoms with Crippen LogP contribution in [0.15, 0.2) is 0 Å². The highest BCUT2D eigenvalue weighted by molar-refractivity contribution is 7.55. The van der Waals surface area contributed by atoms with Crippen molar-refractivity contribution in [2.75, 3.05) is 39.6 Å². The van der Waals surface area contributed by atoms with Crippen molar-refractivity contribution in [3.05, 3.63) is 0 Å². The molecule has 44 heavy (non-hydrogen) atoms. The summed E-state index contributed by atoms with van der Waals surface area (Å²) in [6.07, 6.45) is 0.858. The van der Waals surface area contributed by atoms with Crippen LogP contribution in [-0.4, -0.2) is 73.5 Å². The Morgan fingerprint density at radius 2 is 0.705 bits per heavy atom. The van der Waals surface area contributed by atoms with Crippen molar-refractivity contribution in [3.8, 4) is 0 Å². The van der Waals surface area contributed by atoms with E-state index in [1.54, 1.807) is 0 Å². The van der Waals surface area contributed by atoms with Gasteiger partial charge in [0.1, 0.15) is 11.2 Å². The van der Waals surface area contributed by atoms with Crippen molar-refractivity contribution in [2.45, 2.75) is 137 Å². The Labute approximate surface area is 266 Å². The minimum absolute atomic E-state index is 0.000000000000000222. The summed E-state index contributed by atoms with van der Waals surface area (Å²) in [6, 6.07) is 0. The molecule has 4 fully saturated rings. The Morgan fingerprint density at radius 1 is 0.432 bits per heavy atom. The van der Waals surface area contributed by atoms with E-state index in [2.05, 4.69) is 0 Å². The molecule has 4 aliphatic heterocycles. The lowest BCUT2D eigenvalue weighted by atomic mass is 9.90. The van der Waals surface area contributed by atoms with Crippen molar-refractivity contribution in [3.63, 3.8) is 0 Å². The van der Waals surface area contributed by atoms with E-state index in [1.807, 2.05) is 96.9 Å². The molecule has 0 N–H and O–H groups in total. The first-order valence-corrected chi connectivity index (χ1v) is 21.9. The van der Waals surface area contributed by atoms with Crippen LogP contribution in [0.25, 0.3) is 0 Å². The molecule has 0 aromatic rings. The maximum atomic E-state index is 12.1. The van der Waals surface area contributed by atoms with Crippen LogP contribution < -0.4 is 0 Å². The van der Waals surface area contributed by atoms with Gasteiger partial charge >= 0.3 is 30.4 Å². The zero-order valence-electron chi connectivity index (χ0n) is 29.4. The van der Waals surface area contributed by atoms with E-state index in [-0.39, 0.29) is 28.1 Å². The van der Waals surface area contributed by atoms with Gasteiger partial charge < -0.3 is 27.1 Å². The van der Waals surface area contributed by atoms with Crippen molar-refractivity contribution < 1.29 is 54.5 Å². The molecule has 264 valence electrons. The normalized spacial score (nSPS) is 27.0. The van der Waals surface area contributed by atoms with Gasteiger partial charge in [0, 0.05) is 5.41 Å². The number of hydrogen-bond acceptors (Lipinski definition) is 12. The largest absolute Gasteiger partial charge is 0.334 e. The second-order valence-electron chi connectivity index (χ2n) is 14.1. The lowest BCUT2D eigenvalue weighted by Crippen LogP contribution is -2.41. The third kappa shape index (κ3) is 11.9. The first-order chi connectivity index (χ1) is 19.8. The highest BCUT2D eigenvalue weighted by Gasteiger charge is 2.56. The van der Waals surface area contributed by atoms with Crippen molar-refractivity contribution in [2.24, 2.45) is 5.41 Å². The molecule has 0 aromatic carbocycles.